The lowest BCUT2D eigenvalue weighted by atomic mass is 10.0. The molecule has 3 aliphatic heterocycles. The second-order valence-electron chi connectivity index (χ2n) is 13.7. The molecular formula is C34H30F4I2N4S4Si+2. The van der Waals surface area contributed by atoms with Crippen LogP contribution in [0.5, 0.6) is 0 Å². The molecule has 0 N–H and O–H groups in total. The first-order chi connectivity index (χ1) is 23.7. The Hall–Kier alpha value is -1.12. The van der Waals surface area contributed by atoms with Crippen molar-refractivity contribution in [2.24, 2.45) is 11.8 Å². The van der Waals surface area contributed by atoms with Crippen LogP contribution in [0.3, 0.4) is 0 Å². The number of thiophene rings is 2. The molecule has 9 rings (SSSR count). The summed E-state index contributed by atoms with van der Waals surface area (Å²) in [6.07, 6.45) is 6.35. The van der Waals surface area contributed by atoms with E-state index in [2.05, 4.69) is 33.9 Å². The zero-order chi connectivity index (χ0) is 33.9. The Balaban J connectivity index is 1.37. The van der Waals surface area contributed by atoms with Gasteiger partial charge in [0.1, 0.15) is 28.3 Å². The average Bonchev–Trinajstić information content (AvgIpc) is 3.91. The Morgan fingerprint density at radius 1 is 0.714 bits per heavy atom. The summed E-state index contributed by atoms with van der Waals surface area (Å²) in [5, 5.41) is 2.64. The Morgan fingerprint density at radius 3 is 1.55 bits per heavy atom. The maximum absolute atomic E-state index is 16.3. The van der Waals surface area contributed by atoms with E-state index in [4.69, 9.17) is 8.75 Å². The van der Waals surface area contributed by atoms with Gasteiger partial charge >= 0.3 is 0 Å². The van der Waals surface area contributed by atoms with Crippen LogP contribution in [0.25, 0.3) is 52.7 Å². The third-order valence-electron chi connectivity index (χ3n) is 10.8. The average molecular weight is 981 g/mol. The predicted molar refractivity (Wildman–Crippen MR) is 211 cm³/mol. The molecule has 7 heterocycles. The quantitative estimate of drug-likeness (QED) is 0.0548. The molecule has 0 saturated heterocycles. The number of hydrogen-bond acceptors (Lipinski definition) is 6. The lowest BCUT2D eigenvalue weighted by Gasteiger charge is -2.35. The van der Waals surface area contributed by atoms with E-state index in [1.165, 1.54) is 56.5 Å². The Morgan fingerprint density at radius 2 is 1.14 bits per heavy atom. The van der Waals surface area contributed by atoms with Crippen LogP contribution in [0.15, 0.2) is 12.1 Å². The van der Waals surface area contributed by atoms with Gasteiger partial charge in [-0.2, -0.15) is 7.91 Å². The Kier molecular flexibility index (Phi) is 8.59. The molecule has 4 aromatic heterocycles. The molecule has 0 fully saturated rings. The molecule has 254 valence electrons. The van der Waals surface area contributed by atoms with Crippen molar-refractivity contribution >= 4 is 132 Å². The molecule has 49 heavy (non-hydrogen) atoms. The summed E-state index contributed by atoms with van der Waals surface area (Å²) in [7, 11) is -2.59. The molecule has 2 atom stereocenters. The molecule has 6 aromatic rings. The summed E-state index contributed by atoms with van der Waals surface area (Å²) in [4.78, 5) is 3.68. The van der Waals surface area contributed by atoms with Crippen molar-refractivity contribution in [1.29, 1.82) is 0 Å². The van der Waals surface area contributed by atoms with Gasteiger partial charge in [0.25, 0.3) is 34.5 Å². The topological polar surface area (TPSA) is 33.5 Å². The Labute approximate surface area is 325 Å². The Bertz CT molecular complexity index is 2190. The van der Waals surface area contributed by atoms with Crippen molar-refractivity contribution in [3.8, 4) is 30.6 Å². The second-order valence-corrected chi connectivity index (χ2v) is 23.6. The molecule has 0 aliphatic carbocycles. The smallest absolute Gasteiger partial charge is 0.203 e. The highest BCUT2D eigenvalue weighted by atomic mass is 127. The fourth-order valence-corrected chi connectivity index (χ4v) is 22.1. The van der Waals surface area contributed by atoms with E-state index in [0.29, 0.717) is 58.1 Å². The number of nitrogens with zero attached hydrogens (tertiary/aromatic N) is 4. The van der Waals surface area contributed by atoms with Gasteiger partial charge < -0.3 is 0 Å². The van der Waals surface area contributed by atoms with E-state index < -0.39 is 31.3 Å². The van der Waals surface area contributed by atoms with Crippen LogP contribution in [0, 0.1) is 42.2 Å². The summed E-state index contributed by atoms with van der Waals surface area (Å²) in [6.45, 7) is 5.83. The van der Waals surface area contributed by atoms with Crippen LogP contribution in [0.1, 0.15) is 52.4 Å². The number of hydrogen-bond donors (Lipinski definition) is 0. The fourth-order valence-electron chi connectivity index (χ4n) is 8.59. The van der Waals surface area contributed by atoms with Crippen LogP contribution in [0.2, 0.25) is 12.1 Å². The van der Waals surface area contributed by atoms with Gasteiger partial charge in [-0.25, -0.2) is 17.6 Å². The summed E-state index contributed by atoms with van der Waals surface area (Å²) in [5.41, 5.74) is 3.02. The van der Waals surface area contributed by atoms with Crippen LogP contribution < -0.4 is 18.3 Å². The lowest BCUT2D eigenvalue weighted by Crippen LogP contribution is -2.58. The minimum Gasteiger partial charge on any atom is -0.203 e. The number of unbranched alkanes of at least 4 members (excludes halogenated alkanes) is 2. The monoisotopic (exact) mass is 980 g/mol. The minimum absolute atomic E-state index is 0.221. The van der Waals surface area contributed by atoms with Crippen molar-refractivity contribution < 1.29 is 25.5 Å². The highest BCUT2D eigenvalue weighted by molar-refractivity contribution is 14.1. The standard InChI is InChI=1S/C34H30F4I2N4S4Si/c1-3-5-7-15-11-43-31-21(23(35)25(37)27(39)29(31)41-47-43)17-9-19-33(45-17)34-20-10-18(46-34)22-24(36)26(38)28(40)30-32(22)44(48-42-30)12-16(8-6-4-2)14-49(19,20)13-15/h9-10,15-16H,3-8,11-14H2,1-2H3/q+2. The summed E-state index contributed by atoms with van der Waals surface area (Å²) >= 11 is 9.49. The second kappa shape index (κ2) is 12.5. The summed E-state index contributed by atoms with van der Waals surface area (Å²) in [5.74, 6) is -2.74. The van der Waals surface area contributed by atoms with Crippen LogP contribution in [-0.4, -0.2) is 16.8 Å². The largest absolute Gasteiger partial charge is 0.278 e. The molecule has 2 aromatic carbocycles. The maximum Gasteiger partial charge on any atom is 0.278 e. The van der Waals surface area contributed by atoms with Crippen LogP contribution in [-0.2, 0) is 13.1 Å². The SMILES string of the molecule is CCCCC1C[n+]2snc3c(I)c(F)c(F)c(c32)-c2cc3c(s2)-c2sc4cc2[Si]3(C1)CC(CCCC)C[n+]1snc2c(I)c(F)c(F)c-4c21. The highest BCUT2D eigenvalue weighted by Gasteiger charge is 2.52. The minimum atomic E-state index is -2.59. The van der Waals surface area contributed by atoms with Gasteiger partial charge in [-0.15, -0.1) is 22.7 Å². The maximum atomic E-state index is 16.3. The number of halogens is 6. The van der Waals surface area contributed by atoms with E-state index in [-0.39, 0.29) is 7.14 Å². The number of fused-ring (bicyclic) bond motifs is 5. The number of rotatable bonds is 6. The van der Waals surface area contributed by atoms with Gasteiger partial charge in [-0.05, 0) is 104 Å². The molecule has 4 nitrogen and oxygen atoms in total. The molecule has 0 radical (unpaired) electrons. The van der Waals surface area contributed by atoms with E-state index in [1.54, 1.807) is 0 Å². The first-order valence-corrected chi connectivity index (χ1v) is 24.3. The van der Waals surface area contributed by atoms with E-state index in [1.807, 2.05) is 45.2 Å². The van der Waals surface area contributed by atoms with Crippen LogP contribution >= 0.6 is 91.3 Å². The third-order valence-corrected chi connectivity index (χ3v) is 22.5. The van der Waals surface area contributed by atoms with Gasteiger partial charge in [0.15, 0.2) is 23.3 Å². The van der Waals surface area contributed by atoms with E-state index >= 15 is 17.6 Å². The highest BCUT2D eigenvalue weighted by Crippen LogP contribution is 2.51. The van der Waals surface area contributed by atoms with Gasteiger partial charge in [0.2, 0.25) is 11.0 Å². The molecule has 0 saturated carbocycles. The van der Waals surface area contributed by atoms with Crippen molar-refractivity contribution in [2.75, 3.05) is 0 Å². The summed E-state index contributed by atoms with van der Waals surface area (Å²) in [6, 6.07) is 6.43. The fraction of sp³-hybridized carbons (Fsp3) is 0.412. The predicted octanol–water partition coefficient (Wildman–Crippen LogP) is 9.89. The lowest BCUT2D eigenvalue weighted by molar-refractivity contribution is -0.610. The van der Waals surface area contributed by atoms with Crippen molar-refractivity contribution in [2.45, 2.75) is 77.6 Å². The van der Waals surface area contributed by atoms with Gasteiger partial charge in [-0.3, -0.25) is 0 Å². The molecule has 15 heteroatoms. The van der Waals surface area contributed by atoms with Gasteiger partial charge in [0.05, 0.1) is 11.1 Å². The first kappa shape index (κ1) is 33.7. The zero-order valence-corrected chi connectivity index (χ0v) is 35.2. The van der Waals surface area contributed by atoms with Crippen molar-refractivity contribution in [3.63, 3.8) is 0 Å². The number of aromatic nitrogens is 4. The zero-order valence-electron chi connectivity index (χ0n) is 26.6. The van der Waals surface area contributed by atoms with Gasteiger partial charge in [0, 0.05) is 28.3 Å². The van der Waals surface area contributed by atoms with E-state index in [9.17, 15) is 0 Å². The van der Waals surface area contributed by atoms with Gasteiger partial charge in [-0.1, -0.05) is 39.5 Å². The molecule has 0 amide bonds. The third kappa shape index (κ3) is 4.89. The van der Waals surface area contributed by atoms with Crippen LogP contribution in [0.4, 0.5) is 17.6 Å². The normalized spacial score (nSPS) is 20.9. The van der Waals surface area contributed by atoms with E-state index in [0.717, 1.165) is 70.1 Å². The number of benzene rings is 2. The van der Waals surface area contributed by atoms with Crippen molar-refractivity contribution in [3.05, 3.63) is 42.5 Å². The molecule has 3 aliphatic rings. The molecule has 1 spiro atoms. The molecule has 4 bridgehead atoms. The van der Waals surface area contributed by atoms with Crippen molar-refractivity contribution in [1.82, 2.24) is 8.75 Å². The summed E-state index contributed by atoms with van der Waals surface area (Å²) < 4.78 is 77.8. The molecular weight excluding hydrogens is 951 g/mol. The molecule has 2 unspecified atom stereocenters. The first-order valence-electron chi connectivity index (χ1n) is 16.7.